The van der Waals surface area contributed by atoms with Gasteiger partial charge in [0.25, 0.3) is 0 Å². The van der Waals surface area contributed by atoms with Crippen LogP contribution in [0.4, 0.5) is 0 Å². The van der Waals surface area contributed by atoms with Gasteiger partial charge in [0.15, 0.2) is 9.84 Å². The average Bonchev–Trinajstić information content (AvgIpc) is 3.55. The van der Waals surface area contributed by atoms with E-state index in [1.807, 2.05) is 55.1 Å². The zero-order valence-corrected chi connectivity index (χ0v) is 33.8. The topological polar surface area (TPSA) is 205 Å². The van der Waals surface area contributed by atoms with E-state index in [0.717, 1.165) is 39.8 Å². The molecule has 2 unspecified atom stereocenters. The molecular formula is C41H48ClN3O11S. The molecule has 16 heteroatoms. The van der Waals surface area contributed by atoms with Crippen LogP contribution < -0.4 is 19.5 Å². The van der Waals surface area contributed by atoms with Gasteiger partial charge in [-0.25, -0.2) is 8.42 Å². The number of carboxylic acid groups (broad SMARTS) is 2. The fourth-order valence-corrected chi connectivity index (χ4v) is 7.33. The number of aliphatic hydroxyl groups excluding tert-OH is 2. The van der Waals surface area contributed by atoms with E-state index in [1.165, 1.54) is 25.4 Å². The van der Waals surface area contributed by atoms with Gasteiger partial charge in [-0.15, -0.1) is 0 Å². The first kappa shape index (κ1) is 43.4. The minimum absolute atomic E-state index is 0.0339. The third-order valence-electron chi connectivity index (χ3n) is 10.1. The Labute approximate surface area is 336 Å². The number of benzene rings is 3. The number of likely N-dealkylation sites (tertiary alicyclic amines) is 1. The lowest BCUT2D eigenvalue weighted by Gasteiger charge is -2.25. The van der Waals surface area contributed by atoms with Gasteiger partial charge in [-0.1, -0.05) is 41.9 Å². The summed E-state index contributed by atoms with van der Waals surface area (Å²) in [5, 5.41) is 41.8. The van der Waals surface area contributed by atoms with Crippen LogP contribution in [-0.2, 0) is 39.2 Å². The van der Waals surface area contributed by atoms with Crippen molar-refractivity contribution < 1.29 is 52.6 Å². The minimum atomic E-state index is -3.51. The third kappa shape index (κ3) is 10.8. The Hall–Kier alpha value is -4.77. The highest BCUT2D eigenvalue weighted by molar-refractivity contribution is 7.90. The summed E-state index contributed by atoms with van der Waals surface area (Å²) in [6.45, 7) is 6.38. The maximum atomic E-state index is 12.1. The molecular weight excluding hydrogens is 778 g/mol. The van der Waals surface area contributed by atoms with Crippen molar-refractivity contribution in [3.05, 3.63) is 99.8 Å². The monoisotopic (exact) mass is 825 g/mol. The molecule has 0 aliphatic carbocycles. The summed E-state index contributed by atoms with van der Waals surface area (Å²) in [6.07, 6.45) is 3.61. The van der Waals surface area contributed by atoms with Crippen LogP contribution in [0.25, 0.3) is 11.1 Å². The summed E-state index contributed by atoms with van der Waals surface area (Å²) in [7, 11) is -3.51. The number of ether oxygens (including phenoxy) is 3. The predicted octanol–water partition coefficient (Wildman–Crippen LogP) is 4.65. The van der Waals surface area contributed by atoms with E-state index in [9.17, 15) is 38.4 Å². The Morgan fingerprint density at radius 1 is 0.930 bits per heavy atom. The van der Waals surface area contributed by atoms with E-state index in [2.05, 4.69) is 10.3 Å². The maximum absolute atomic E-state index is 12.1. The molecule has 0 spiro atoms. The second-order valence-corrected chi connectivity index (χ2v) is 16.8. The van der Waals surface area contributed by atoms with Gasteiger partial charge in [-0.2, -0.15) is 0 Å². The van der Waals surface area contributed by atoms with E-state index >= 15 is 0 Å². The first-order valence-corrected chi connectivity index (χ1v) is 20.5. The van der Waals surface area contributed by atoms with Crippen molar-refractivity contribution in [3.63, 3.8) is 0 Å². The number of aliphatic hydroxyl groups is 2. The van der Waals surface area contributed by atoms with Crippen LogP contribution >= 0.6 is 11.6 Å². The number of hydrogen-bond donors (Lipinski definition) is 5. The Bertz CT molecular complexity index is 2200. The van der Waals surface area contributed by atoms with Gasteiger partial charge in [0, 0.05) is 62.0 Å². The van der Waals surface area contributed by atoms with Crippen molar-refractivity contribution >= 4 is 33.4 Å². The normalized spacial score (nSPS) is 16.9. The number of halogens is 1. The summed E-state index contributed by atoms with van der Waals surface area (Å²) < 4.78 is 42.8. The number of carbonyl (C=O) groups is 2. The highest BCUT2D eigenvalue weighted by Crippen LogP contribution is 2.36. The van der Waals surface area contributed by atoms with Crippen molar-refractivity contribution in [3.8, 4) is 28.4 Å². The van der Waals surface area contributed by atoms with Crippen LogP contribution in [0.5, 0.6) is 17.2 Å². The van der Waals surface area contributed by atoms with Gasteiger partial charge in [-0.3, -0.25) is 24.8 Å². The second-order valence-electron chi connectivity index (χ2n) is 14.4. The van der Waals surface area contributed by atoms with Gasteiger partial charge in [0.1, 0.15) is 36.0 Å². The molecule has 3 aromatic carbocycles. The lowest BCUT2D eigenvalue weighted by atomic mass is 9.93. The fourth-order valence-electron chi connectivity index (χ4n) is 6.47. The predicted molar refractivity (Wildman–Crippen MR) is 212 cm³/mol. The Kier molecular flexibility index (Phi) is 14.2. The molecule has 5 rings (SSSR count). The second kappa shape index (κ2) is 18.7. The molecule has 3 atom stereocenters. The van der Waals surface area contributed by atoms with E-state index in [1.54, 1.807) is 12.1 Å². The fraction of sp³-hybridized carbons (Fsp3) is 0.390. The molecule has 1 aliphatic heterocycles. The number of carboxylic acids is 2. The molecule has 306 valence electrons. The van der Waals surface area contributed by atoms with Gasteiger partial charge in [0.05, 0.1) is 35.2 Å². The van der Waals surface area contributed by atoms with E-state index in [0.29, 0.717) is 49.5 Å². The SMILES string of the molecule is Cc1c(COc2cc(OCc3cncc(S(C)(=O)=O)c3)c(CN[C@](C)(CO)C(=O)O)cc2Cl)cccc1-c1cccc(OCCCN2CC(O)C(C(=O)O)C2)c1C. The quantitative estimate of drug-likeness (QED) is 0.0817. The number of nitrogens with one attached hydrogen (secondary N) is 1. The molecule has 0 amide bonds. The molecule has 1 saturated heterocycles. The van der Waals surface area contributed by atoms with Crippen molar-refractivity contribution in [2.24, 2.45) is 5.92 Å². The Morgan fingerprint density at radius 2 is 1.63 bits per heavy atom. The Balaban J connectivity index is 1.31. The molecule has 2 heterocycles. The number of pyridine rings is 1. The summed E-state index contributed by atoms with van der Waals surface area (Å²) in [5.41, 5.74) is 4.08. The van der Waals surface area contributed by atoms with Crippen molar-refractivity contribution in [1.29, 1.82) is 0 Å². The zero-order chi connectivity index (χ0) is 41.5. The molecule has 14 nitrogen and oxygen atoms in total. The number of β-amino-alcohol motifs (C(OH)–C–C–N with tert-alkyl or cyclic N) is 1. The van der Waals surface area contributed by atoms with E-state index < -0.39 is 45.9 Å². The summed E-state index contributed by atoms with van der Waals surface area (Å²) in [6, 6.07) is 16.4. The van der Waals surface area contributed by atoms with E-state index in [4.69, 9.17) is 25.8 Å². The molecule has 0 saturated carbocycles. The number of rotatable bonds is 19. The van der Waals surface area contributed by atoms with Gasteiger partial charge < -0.3 is 34.6 Å². The number of aliphatic carboxylic acids is 2. The molecule has 1 aromatic heterocycles. The molecule has 0 bridgehead atoms. The summed E-state index contributed by atoms with van der Waals surface area (Å²) >= 11 is 6.72. The van der Waals surface area contributed by atoms with Crippen LogP contribution in [0.3, 0.4) is 0 Å². The number of nitrogens with zero attached hydrogens (tertiary/aromatic N) is 2. The highest BCUT2D eigenvalue weighted by Gasteiger charge is 2.36. The van der Waals surface area contributed by atoms with Crippen molar-refractivity contribution in [2.75, 3.05) is 39.1 Å². The van der Waals surface area contributed by atoms with Crippen LogP contribution in [-0.4, -0.2) is 101 Å². The molecule has 1 fully saturated rings. The molecule has 1 aliphatic rings. The lowest BCUT2D eigenvalue weighted by molar-refractivity contribution is -0.146. The van der Waals surface area contributed by atoms with Crippen LogP contribution in [0.1, 0.15) is 41.2 Å². The molecule has 5 N–H and O–H groups in total. The zero-order valence-electron chi connectivity index (χ0n) is 32.2. The number of aromatic nitrogens is 1. The highest BCUT2D eigenvalue weighted by atomic mass is 35.5. The largest absolute Gasteiger partial charge is 0.493 e. The Morgan fingerprint density at radius 3 is 2.30 bits per heavy atom. The summed E-state index contributed by atoms with van der Waals surface area (Å²) in [5.74, 6) is -1.69. The number of hydrogen-bond acceptors (Lipinski definition) is 12. The van der Waals surface area contributed by atoms with Crippen LogP contribution in [0.15, 0.2) is 71.9 Å². The van der Waals surface area contributed by atoms with Crippen LogP contribution in [0.2, 0.25) is 5.02 Å². The average molecular weight is 826 g/mol. The van der Waals surface area contributed by atoms with Crippen LogP contribution in [0, 0.1) is 19.8 Å². The summed E-state index contributed by atoms with van der Waals surface area (Å²) in [4.78, 5) is 29.2. The molecule has 4 aromatic rings. The first-order chi connectivity index (χ1) is 27.0. The first-order valence-electron chi connectivity index (χ1n) is 18.3. The van der Waals surface area contributed by atoms with Crippen molar-refractivity contribution in [1.82, 2.24) is 15.2 Å². The van der Waals surface area contributed by atoms with Gasteiger partial charge in [0.2, 0.25) is 0 Å². The van der Waals surface area contributed by atoms with Gasteiger partial charge >= 0.3 is 11.9 Å². The molecule has 57 heavy (non-hydrogen) atoms. The lowest BCUT2D eigenvalue weighted by Crippen LogP contribution is -2.52. The maximum Gasteiger partial charge on any atom is 0.326 e. The third-order valence-corrected chi connectivity index (χ3v) is 11.5. The number of sulfone groups is 1. The molecule has 0 radical (unpaired) electrons. The van der Waals surface area contributed by atoms with E-state index in [-0.39, 0.29) is 35.4 Å². The van der Waals surface area contributed by atoms with Gasteiger partial charge in [-0.05, 0) is 73.2 Å². The minimum Gasteiger partial charge on any atom is -0.493 e. The smallest absolute Gasteiger partial charge is 0.326 e. The van der Waals surface area contributed by atoms with Crippen molar-refractivity contribution in [2.45, 2.75) is 63.5 Å². The standard InChI is InChI=1S/C41H48ClN3O11S/c1-25-28(8-5-9-31(25)32-10-6-11-36(26(32)2)54-13-7-12-45-20-33(39(48)49)35(47)21-45)23-56-38-16-37(55-22-27-14-30(19-43-17-27)57(4,52)53)29(15-34(38)42)18-44-41(3,24-46)40(50)51/h5-6,8-11,14-17,19,33,35,44,46-47H,7,12-13,18,20-24H2,1-4H3,(H,48,49)(H,50,51)/t33?,35?,41-/m1/s1.